The predicted molar refractivity (Wildman–Crippen MR) is 137 cm³/mol. The van der Waals surface area contributed by atoms with Crippen LogP contribution < -0.4 is 0 Å². The van der Waals surface area contributed by atoms with Gasteiger partial charge in [-0.15, -0.1) is 0 Å². The van der Waals surface area contributed by atoms with E-state index in [-0.39, 0.29) is 5.69 Å². The molecule has 0 spiro atoms. The zero-order valence-electron chi connectivity index (χ0n) is 18.9. The summed E-state index contributed by atoms with van der Waals surface area (Å²) in [6.07, 6.45) is -4.64. The number of nitrogens with zero attached hydrogens (tertiary/aromatic N) is 1. The molecule has 0 amide bonds. The third-order valence-electron chi connectivity index (χ3n) is 6.49. The summed E-state index contributed by atoms with van der Waals surface area (Å²) in [6, 6.07) is 33.6. The molecule has 5 heteroatoms. The maximum Gasteiger partial charge on any atom is 0.418 e. The molecule has 0 N–H and O–H groups in total. The van der Waals surface area contributed by atoms with Gasteiger partial charge >= 0.3 is 6.18 Å². The molecule has 1 heterocycles. The first-order valence-electron chi connectivity index (χ1n) is 11.5. The van der Waals surface area contributed by atoms with Gasteiger partial charge in [-0.25, -0.2) is 4.39 Å². The Morgan fingerprint density at radius 2 is 1.00 bits per heavy atom. The Morgan fingerprint density at radius 1 is 0.500 bits per heavy atom. The topological polar surface area (TPSA) is 4.93 Å². The van der Waals surface area contributed by atoms with E-state index in [0.29, 0.717) is 11.0 Å². The Kier molecular flexibility index (Phi) is 5.15. The molecule has 1 aromatic heterocycles. The lowest BCUT2D eigenvalue weighted by Crippen LogP contribution is -2.11. The summed E-state index contributed by atoms with van der Waals surface area (Å²) in [4.78, 5) is 0. The zero-order chi connectivity index (χ0) is 24.9. The van der Waals surface area contributed by atoms with Gasteiger partial charge < -0.3 is 4.57 Å². The number of hydrogen-bond acceptors (Lipinski definition) is 0. The minimum absolute atomic E-state index is 0.234. The molecule has 0 aliphatic heterocycles. The molecule has 0 unspecified atom stereocenters. The normalized spacial score (nSPS) is 11.9. The average Bonchev–Trinajstić information content (AvgIpc) is 3.22. The Hall–Kier alpha value is -4.38. The van der Waals surface area contributed by atoms with Crippen molar-refractivity contribution in [1.29, 1.82) is 0 Å². The molecule has 6 rings (SSSR count). The van der Waals surface area contributed by atoms with Gasteiger partial charge in [-0.1, -0.05) is 72.8 Å². The molecule has 0 radical (unpaired) electrons. The van der Waals surface area contributed by atoms with E-state index in [4.69, 9.17) is 0 Å². The lowest BCUT2D eigenvalue weighted by molar-refractivity contribution is -0.137. The Balaban J connectivity index is 1.71. The fourth-order valence-corrected chi connectivity index (χ4v) is 4.83. The van der Waals surface area contributed by atoms with Crippen molar-refractivity contribution in [3.63, 3.8) is 0 Å². The number of aromatic nitrogens is 1. The second kappa shape index (κ2) is 8.38. The van der Waals surface area contributed by atoms with Crippen molar-refractivity contribution < 1.29 is 17.6 Å². The van der Waals surface area contributed by atoms with Crippen molar-refractivity contribution in [3.05, 3.63) is 127 Å². The highest BCUT2D eigenvalue weighted by molar-refractivity contribution is 6.11. The third-order valence-corrected chi connectivity index (χ3v) is 6.49. The SMILES string of the molecule is Fc1ccc(C(F)(F)F)c(-n2c3ccc(-c4ccccc4)cc3c3cc(-c4ccccc4)ccc32)c1. The molecule has 36 heavy (non-hydrogen) atoms. The minimum atomic E-state index is -4.64. The van der Waals surface area contributed by atoms with Crippen LogP contribution in [-0.2, 0) is 6.18 Å². The molecule has 0 saturated heterocycles. The van der Waals surface area contributed by atoms with E-state index in [1.165, 1.54) is 4.57 Å². The summed E-state index contributed by atoms with van der Waals surface area (Å²) in [5.74, 6) is -0.727. The van der Waals surface area contributed by atoms with Crippen LogP contribution in [0.4, 0.5) is 17.6 Å². The van der Waals surface area contributed by atoms with Gasteiger partial charge in [-0.3, -0.25) is 0 Å². The van der Waals surface area contributed by atoms with Crippen molar-refractivity contribution in [2.24, 2.45) is 0 Å². The second-order valence-electron chi connectivity index (χ2n) is 8.69. The van der Waals surface area contributed by atoms with Crippen LogP contribution in [0.25, 0.3) is 49.7 Å². The molecule has 0 aliphatic rings. The quantitative estimate of drug-likeness (QED) is 0.222. The molecule has 176 valence electrons. The van der Waals surface area contributed by atoms with Gasteiger partial charge in [-0.2, -0.15) is 13.2 Å². The number of halogens is 4. The Bertz CT molecular complexity index is 1620. The molecular weight excluding hydrogens is 462 g/mol. The van der Waals surface area contributed by atoms with Crippen LogP contribution in [0.3, 0.4) is 0 Å². The second-order valence-corrected chi connectivity index (χ2v) is 8.69. The summed E-state index contributed by atoms with van der Waals surface area (Å²) in [6.45, 7) is 0. The van der Waals surface area contributed by atoms with Gasteiger partial charge in [-0.05, 0) is 64.7 Å². The molecule has 0 aliphatic carbocycles. The summed E-state index contributed by atoms with van der Waals surface area (Å²) in [5.41, 5.74) is 3.92. The lowest BCUT2D eigenvalue weighted by Gasteiger charge is -2.16. The standard InChI is InChI=1S/C31H19F4N/c32-24-13-14-27(31(33,34)35)30(19-24)36-28-15-11-22(20-7-3-1-4-8-20)17-25(28)26-18-23(12-16-29(26)36)21-9-5-2-6-10-21/h1-19H. The fraction of sp³-hybridized carbons (Fsp3) is 0.0323. The number of alkyl halides is 3. The molecule has 0 fully saturated rings. The van der Waals surface area contributed by atoms with E-state index in [1.807, 2.05) is 97.1 Å². The van der Waals surface area contributed by atoms with Crippen LogP contribution >= 0.6 is 0 Å². The van der Waals surface area contributed by atoms with Crippen molar-refractivity contribution >= 4 is 21.8 Å². The van der Waals surface area contributed by atoms with Crippen LogP contribution in [-0.4, -0.2) is 4.57 Å². The number of rotatable bonds is 3. The van der Waals surface area contributed by atoms with Gasteiger partial charge in [0, 0.05) is 10.8 Å². The van der Waals surface area contributed by atoms with Crippen LogP contribution in [0.15, 0.2) is 115 Å². The number of benzene rings is 5. The van der Waals surface area contributed by atoms with Crippen molar-refractivity contribution in [1.82, 2.24) is 4.57 Å². The molecule has 6 aromatic rings. The van der Waals surface area contributed by atoms with Gasteiger partial charge in [0.2, 0.25) is 0 Å². The first kappa shape index (κ1) is 22.1. The minimum Gasteiger partial charge on any atom is -0.309 e. The van der Waals surface area contributed by atoms with Crippen LogP contribution in [0.2, 0.25) is 0 Å². The molecule has 0 atom stereocenters. The van der Waals surface area contributed by atoms with E-state index in [0.717, 1.165) is 51.2 Å². The zero-order valence-corrected chi connectivity index (χ0v) is 18.9. The highest BCUT2D eigenvalue weighted by Crippen LogP contribution is 2.41. The maximum absolute atomic E-state index is 14.3. The van der Waals surface area contributed by atoms with E-state index < -0.39 is 17.6 Å². The van der Waals surface area contributed by atoms with Crippen molar-refractivity contribution in [2.75, 3.05) is 0 Å². The maximum atomic E-state index is 14.3. The summed E-state index contributed by atoms with van der Waals surface area (Å²) in [5, 5.41) is 1.59. The molecule has 5 aromatic carbocycles. The van der Waals surface area contributed by atoms with E-state index in [1.54, 1.807) is 0 Å². The summed E-state index contributed by atoms with van der Waals surface area (Å²) in [7, 11) is 0. The summed E-state index contributed by atoms with van der Waals surface area (Å²) >= 11 is 0. The van der Waals surface area contributed by atoms with Gasteiger partial charge in [0.1, 0.15) is 5.82 Å². The monoisotopic (exact) mass is 481 g/mol. The Morgan fingerprint density at radius 3 is 1.47 bits per heavy atom. The van der Waals surface area contributed by atoms with E-state index in [9.17, 15) is 17.6 Å². The van der Waals surface area contributed by atoms with E-state index >= 15 is 0 Å². The number of fused-ring (bicyclic) bond motifs is 3. The molecular formula is C31H19F4N. The Labute approximate surface area is 204 Å². The first-order chi connectivity index (χ1) is 17.4. The van der Waals surface area contributed by atoms with Gasteiger partial charge in [0.15, 0.2) is 0 Å². The molecule has 0 bridgehead atoms. The van der Waals surface area contributed by atoms with Gasteiger partial charge in [0.05, 0.1) is 22.3 Å². The van der Waals surface area contributed by atoms with Crippen LogP contribution in [0, 0.1) is 5.82 Å². The summed E-state index contributed by atoms with van der Waals surface area (Å²) < 4.78 is 57.9. The van der Waals surface area contributed by atoms with Crippen LogP contribution in [0.1, 0.15) is 5.56 Å². The van der Waals surface area contributed by atoms with Crippen molar-refractivity contribution in [2.45, 2.75) is 6.18 Å². The highest BCUT2D eigenvalue weighted by atomic mass is 19.4. The largest absolute Gasteiger partial charge is 0.418 e. The average molecular weight is 481 g/mol. The first-order valence-corrected chi connectivity index (χ1v) is 11.5. The van der Waals surface area contributed by atoms with Gasteiger partial charge in [0.25, 0.3) is 0 Å². The van der Waals surface area contributed by atoms with Crippen LogP contribution in [0.5, 0.6) is 0 Å². The third kappa shape index (κ3) is 3.73. The fourth-order valence-electron chi connectivity index (χ4n) is 4.83. The predicted octanol–water partition coefficient (Wildman–Crippen LogP) is 9.28. The lowest BCUT2D eigenvalue weighted by atomic mass is 10.0. The highest BCUT2D eigenvalue weighted by Gasteiger charge is 2.35. The van der Waals surface area contributed by atoms with E-state index in [2.05, 4.69) is 0 Å². The number of hydrogen-bond donors (Lipinski definition) is 0. The molecule has 0 saturated carbocycles. The van der Waals surface area contributed by atoms with Crippen molar-refractivity contribution in [3.8, 4) is 27.9 Å². The molecule has 1 nitrogen and oxygen atoms in total. The smallest absolute Gasteiger partial charge is 0.309 e.